The second-order valence-corrected chi connectivity index (χ2v) is 10.7. The van der Waals surface area contributed by atoms with Crippen LogP contribution in [0.3, 0.4) is 0 Å². The van der Waals surface area contributed by atoms with Crippen LogP contribution in [0.1, 0.15) is 28.0 Å². The number of hydrogen-bond acceptors (Lipinski definition) is 6. The molecule has 5 rings (SSSR count). The van der Waals surface area contributed by atoms with E-state index in [-0.39, 0.29) is 59.4 Å². The van der Waals surface area contributed by atoms with Crippen molar-refractivity contribution in [1.29, 1.82) is 0 Å². The van der Waals surface area contributed by atoms with Crippen molar-refractivity contribution in [3.05, 3.63) is 77.6 Å². The molecule has 40 heavy (non-hydrogen) atoms. The van der Waals surface area contributed by atoms with E-state index in [4.69, 9.17) is 4.74 Å². The molecule has 1 fully saturated rings. The molecule has 2 aromatic carbocycles. The first-order valence-corrected chi connectivity index (χ1v) is 13.2. The van der Waals surface area contributed by atoms with Gasteiger partial charge >= 0.3 is 6.18 Å². The minimum atomic E-state index is -4.58. The Morgan fingerprint density at radius 3 is 2.38 bits per heavy atom. The van der Waals surface area contributed by atoms with E-state index in [0.717, 1.165) is 41.0 Å². The fraction of sp³-hybridized carbons (Fsp3) is 0.240. The van der Waals surface area contributed by atoms with Crippen LogP contribution in [-0.2, 0) is 20.9 Å². The Morgan fingerprint density at radius 1 is 1.02 bits per heavy atom. The summed E-state index contributed by atoms with van der Waals surface area (Å²) in [5.41, 5.74) is -1.88. The molecule has 0 unspecified atom stereocenters. The fourth-order valence-corrected chi connectivity index (χ4v) is 5.60. The van der Waals surface area contributed by atoms with E-state index in [1.165, 1.54) is 28.6 Å². The van der Waals surface area contributed by atoms with Crippen molar-refractivity contribution in [2.75, 3.05) is 31.6 Å². The molecule has 0 bridgehead atoms. The van der Waals surface area contributed by atoms with Gasteiger partial charge in [-0.15, -0.1) is 0 Å². The molecule has 3 heterocycles. The van der Waals surface area contributed by atoms with Crippen LogP contribution in [0.4, 0.5) is 27.6 Å². The van der Waals surface area contributed by atoms with Crippen LogP contribution in [0.5, 0.6) is 0 Å². The molecule has 210 valence electrons. The molecule has 0 atom stereocenters. The quantitative estimate of drug-likeness (QED) is 0.333. The highest BCUT2D eigenvalue weighted by molar-refractivity contribution is 7.89. The van der Waals surface area contributed by atoms with E-state index in [1.807, 2.05) is 0 Å². The largest absolute Gasteiger partial charge is 0.416 e. The lowest BCUT2D eigenvalue weighted by Gasteiger charge is -2.26. The Kier molecular flexibility index (Phi) is 7.29. The standard InChI is InChI=1S/C25H20F5N5O4S/c26-22(27)21-13-20(15-4-6-16(7-5-15)25(28,29)30)33-23-19(14-31-35(21)23)24(36)32-17-2-1-3-18(12-17)40(37,38)34-8-10-39-11-9-34/h1-7,12-14,22H,8-11H2,(H,32,36). The lowest BCUT2D eigenvalue weighted by Crippen LogP contribution is -2.40. The van der Waals surface area contributed by atoms with Gasteiger partial charge in [-0.1, -0.05) is 18.2 Å². The second-order valence-electron chi connectivity index (χ2n) is 8.73. The number of sulfonamides is 1. The topological polar surface area (TPSA) is 106 Å². The molecule has 0 radical (unpaired) electrons. The van der Waals surface area contributed by atoms with Crippen molar-refractivity contribution in [1.82, 2.24) is 18.9 Å². The number of morpholine rings is 1. The van der Waals surface area contributed by atoms with E-state index in [9.17, 15) is 35.2 Å². The van der Waals surface area contributed by atoms with E-state index in [2.05, 4.69) is 15.4 Å². The zero-order valence-corrected chi connectivity index (χ0v) is 21.2. The first-order valence-electron chi connectivity index (χ1n) is 11.8. The first-order chi connectivity index (χ1) is 18.9. The summed E-state index contributed by atoms with van der Waals surface area (Å²) in [6.07, 6.45) is -6.61. The van der Waals surface area contributed by atoms with Crippen molar-refractivity contribution in [2.24, 2.45) is 0 Å². The third-order valence-corrected chi connectivity index (χ3v) is 8.07. The van der Waals surface area contributed by atoms with Gasteiger partial charge in [0.1, 0.15) is 11.3 Å². The highest BCUT2D eigenvalue weighted by Gasteiger charge is 2.30. The molecule has 2 aromatic heterocycles. The molecule has 0 aliphatic carbocycles. The monoisotopic (exact) mass is 581 g/mol. The number of aromatic nitrogens is 3. The molecule has 1 aliphatic rings. The maximum Gasteiger partial charge on any atom is 0.416 e. The zero-order valence-electron chi connectivity index (χ0n) is 20.4. The second kappa shape index (κ2) is 10.6. The fourth-order valence-electron chi connectivity index (χ4n) is 4.15. The number of alkyl halides is 5. The van der Waals surface area contributed by atoms with Gasteiger partial charge in [0.25, 0.3) is 12.3 Å². The number of anilines is 1. The first kappa shape index (κ1) is 27.6. The van der Waals surface area contributed by atoms with Crippen LogP contribution in [0.25, 0.3) is 16.9 Å². The van der Waals surface area contributed by atoms with Crippen LogP contribution >= 0.6 is 0 Å². The number of nitrogens with one attached hydrogen (secondary N) is 1. The third-order valence-electron chi connectivity index (χ3n) is 6.18. The number of amides is 1. The van der Waals surface area contributed by atoms with Gasteiger partial charge in [0.05, 0.1) is 35.6 Å². The number of rotatable bonds is 6. The highest BCUT2D eigenvalue weighted by atomic mass is 32.2. The van der Waals surface area contributed by atoms with Crippen molar-refractivity contribution < 1.29 is 39.9 Å². The van der Waals surface area contributed by atoms with Crippen LogP contribution in [0.15, 0.2) is 65.7 Å². The van der Waals surface area contributed by atoms with Crippen LogP contribution in [0.2, 0.25) is 0 Å². The van der Waals surface area contributed by atoms with E-state index >= 15 is 0 Å². The Morgan fingerprint density at radius 2 is 1.73 bits per heavy atom. The number of benzene rings is 2. The van der Waals surface area contributed by atoms with Gasteiger partial charge in [-0.25, -0.2) is 26.7 Å². The molecule has 1 N–H and O–H groups in total. The summed E-state index contributed by atoms with van der Waals surface area (Å²) in [6, 6.07) is 10.3. The van der Waals surface area contributed by atoms with Gasteiger partial charge in [0, 0.05) is 24.3 Å². The summed E-state index contributed by atoms with van der Waals surface area (Å²) in [5, 5.41) is 6.38. The molecule has 4 aromatic rings. The van der Waals surface area contributed by atoms with Crippen LogP contribution < -0.4 is 5.32 Å². The van der Waals surface area contributed by atoms with E-state index in [0.29, 0.717) is 0 Å². The lowest BCUT2D eigenvalue weighted by atomic mass is 10.1. The Balaban J connectivity index is 1.48. The maximum absolute atomic E-state index is 13.9. The summed E-state index contributed by atoms with van der Waals surface area (Å²) in [6.45, 7) is 0.875. The molecule has 1 amide bonds. The van der Waals surface area contributed by atoms with Gasteiger partial charge in [-0.05, 0) is 36.4 Å². The number of fused-ring (bicyclic) bond motifs is 1. The molecule has 9 nitrogen and oxygen atoms in total. The average Bonchev–Trinajstić information content (AvgIpc) is 3.37. The molecule has 0 spiro atoms. The van der Waals surface area contributed by atoms with Gasteiger partial charge < -0.3 is 10.1 Å². The van der Waals surface area contributed by atoms with Crippen LogP contribution in [-0.4, -0.2) is 59.5 Å². The minimum absolute atomic E-state index is 0.0604. The van der Waals surface area contributed by atoms with Crippen LogP contribution in [0, 0.1) is 0 Å². The Bertz CT molecular complexity index is 1670. The minimum Gasteiger partial charge on any atom is -0.379 e. The normalized spacial score (nSPS) is 15.1. The Labute approximate surface area is 224 Å². The van der Waals surface area contributed by atoms with Gasteiger partial charge in [0.15, 0.2) is 5.65 Å². The SMILES string of the molecule is O=C(Nc1cccc(S(=O)(=O)N2CCOCC2)c1)c1cnn2c(C(F)F)cc(-c3ccc(C(F)(F)F)cc3)nc12. The summed E-state index contributed by atoms with van der Waals surface area (Å²) < 4.78 is 99.8. The van der Waals surface area contributed by atoms with Crippen molar-refractivity contribution in [3.8, 4) is 11.3 Å². The molecule has 15 heteroatoms. The molecule has 1 saturated heterocycles. The van der Waals surface area contributed by atoms with E-state index in [1.54, 1.807) is 0 Å². The van der Waals surface area contributed by atoms with Gasteiger partial charge in [0.2, 0.25) is 10.0 Å². The Hall–Kier alpha value is -3.95. The zero-order chi connectivity index (χ0) is 28.7. The number of halogens is 5. The van der Waals surface area contributed by atoms with Gasteiger partial charge in [-0.3, -0.25) is 4.79 Å². The third kappa shape index (κ3) is 5.39. The summed E-state index contributed by atoms with van der Waals surface area (Å²) in [4.78, 5) is 17.3. The van der Waals surface area contributed by atoms with Crippen molar-refractivity contribution in [2.45, 2.75) is 17.5 Å². The maximum atomic E-state index is 13.9. The lowest BCUT2D eigenvalue weighted by molar-refractivity contribution is -0.137. The number of hydrogen-bond donors (Lipinski definition) is 1. The highest BCUT2D eigenvalue weighted by Crippen LogP contribution is 2.32. The molecule has 0 saturated carbocycles. The number of nitrogens with zero attached hydrogens (tertiary/aromatic N) is 4. The smallest absolute Gasteiger partial charge is 0.379 e. The summed E-state index contributed by atoms with van der Waals surface area (Å²) in [5.74, 6) is -0.812. The van der Waals surface area contributed by atoms with Gasteiger partial charge in [-0.2, -0.15) is 22.6 Å². The molecule has 1 aliphatic heterocycles. The number of carbonyl (C=O) groups excluding carboxylic acids is 1. The van der Waals surface area contributed by atoms with E-state index < -0.39 is 39.8 Å². The molecular weight excluding hydrogens is 561 g/mol. The molecular formula is C25H20F5N5O4S. The summed E-state index contributed by atoms with van der Waals surface area (Å²) in [7, 11) is -3.85. The van der Waals surface area contributed by atoms with Crippen molar-refractivity contribution in [3.63, 3.8) is 0 Å². The van der Waals surface area contributed by atoms with Crippen molar-refractivity contribution >= 4 is 27.3 Å². The predicted octanol–water partition coefficient (Wildman–Crippen LogP) is 4.63. The number of ether oxygens (including phenoxy) is 1. The predicted molar refractivity (Wildman–Crippen MR) is 132 cm³/mol. The number of carbonyl (C=O) groups is 1. The summed E-state index contributed by atoms with van der Waals surface area (Å²) >= 11 is 0. The average molecular weight is 582 g/mol.